The SMILES string of the molecule is CC(CNC(=O)C1CN(C(=O)C(c2ccccc2)c2ccccc2)CCN1C(=O)c1ccccc1)c1ccccc1. The summed E-state index contributed by atoms with van der Waals surface area (Å²) in [6.07, 6.45) is 0. The third-order valence-corrected chi connectivity index (χ3v) is 7.74. The lowest BCUT2D eigenvalue weighted by Gasteiger charge is -2.41. The quantitative estimate of drug-likeness (QED) is 0.335. The number of carbonyl (C=O) groups excluding carboxylic acids is 3. The van der Waals surface area contributed by atoms with Gasteiger partial charge in [0.2, 0.25) is 11.8 Å². The molecule has 0 saturated carbocycles. The number of benzene rings is 4. The van der Waals surface area contributed by atoms with E-state index in [9.17, 15) is 14.4 Å². The molecule has 1 aliphatic rings. The molecule has 2 unspecified atom stereocenters. The highest BCUT2D eigenvalue weighted by atomic mass is 16.2. The van der Waals surface area contributed by atoms with Gasteiger partial charge in [-0.2, -0.15) is 0 Å². The molecule has 0 bridgehead atoms. The van der Waals surface area contributed by atoms with Gasteiger partial charge in [-0.15, -0.1) is 0 Å². The van der Waals surface area contributed by atoms with E-state index >= 15 is 0 Å². The maximum Gasteiger partial charge on any atom is 0.254 e. The molecule has 0 radical (unpaired) electrons. The van der Waals surface area contributed by atoms with E-state index in [0.717, 1.165) is 16.7 Å². The summed E-state index contributed by atoms with van der Waals surface area (Å²) in [5.74, 6) is -0.956. The first-order valence-corrected chi connectivity index (χ1v) is 14.1. The monoisotopic (exact) mass is 545 g/mol. The van der Waals surface area contributed by atoms with Crippen molar-refractivity contribution in [3.8, 4) is 0 Å². The minimum absolute atomic E-state index is 0.0790. The fourth-order valence-corrected chi connectivity index (χ4v) is 5.42. The Morgan fingerprint density at radius 1 is 0.707 bits per heavy atom. The average Bonchev–Trinajstić information content (AvgIpc) is 3.04. The maximum absolute atomic E-state index is 14.2. The van der Waals surface area contributed by atoms with Crippen molar-refractivity contribution in [2.75, 3.05) is 26.2 Å². The minimum atomic E-state index is -0.810. The summed E-state index contributed by atoms with van der Waals surface area (Å²) in [7, 11) is 0. The molecule has 0 aromatic heterocycles. The molecular weight excluding hydrogens is 510 g/mol. The number of hydrogen-bond donors (Lipinski definition) is 1. The highest BCUT2D eigenvalue weighted by Gasteiger charge is 2.39. The second kappa shape index (κ2) is 13.1. The standard InChI is InChI=1S/C35H35N3O3/c1-26(27-14-6-2-7-15-27)24-36-33(39)31-25-37(22-23-38(31)34(40)30-20-12-5-13-21-30)35(41)32(28-16-8-3-9-17-28)29-18-10-4-11-19-29/h2-21,26,31-32H,22-25H2,1H3,(H,36,39). The number of rotatable bonds is 8. The van der Waals surface area contributed by atoms with E-state index in [4.69, 9.17) is 0 Å². The molecule has 0 aliphatic carbocycles. The van der Waals surface area contributed by atoms with Gasteiger partial charge in [-0.1, -0.05) is 116 Å². The molecule has 1 heterocycles. The van der Waals surface area contributed by atoms with Gasteiger partial charge in [-0.3, -0.25) is 14.4 Å². The van der Waals surface area contributed by atoms with Crippen LogP contribution in [0.4, 0.5) is 0 Å². The third kappa shape index (κ3) is 6.55. The number of amides is 3. The van der Waals surface area contributed by atoms with E-state index in [1.807, 2.05) is 109 Å². The molecule has 208 valence electrons. The molecule has 6 heteroatoms. The van der Waals surface area contributed by atoms with Crippen molar-refractivity contribution in [3.63, 3.8) is 0 Å². The van der Waals surface area contributed by atoms with Gasteiger partial charge in [0.15, 0.2) is 0 Å². The summed E-state index contributed by atoms with van der Waals surface area (Å²) < 4.78 is 0. The van der Waals surface area contributed by atoms with Crippen LogP contribution in [0.1, 0.15) is 45.8 Å². The van der Waals surface area contributed by atoms with Crippen LogP contribution in [0.5, 0.6) is 0 Å². The van der Waals surface area contributed by atoms with Crippen molar-refractivity contribution in [3.05, 3.63) is 144 Å². The van der Waals surface area contributed by atoms with Crippen molar-refractivity contribution in [2.45, 2.75) is 24.8 Å². The first kappa shape index (κ1) is 27.8. The average molecular weight is 546 g/mol. The van der Waals surface area contributed by atoms with Gasteiger partial charge in [0, 0.05) is 25.2 Å². The fraction of sp³-hybridized carbons (Fsp3) is 0.229. The maximum atomic E-state index is 14.2. The first-order valence-electron chi connectivity index (χ1n) is 14.1. The summed E-state index contributed by atoms with van der Waals surface area (Å²) in [5.41, 5.74) is 3.43. The summed E-state index contributed by atoms with van der Waals surface area (Å²) in [5, 5.41) is 3.07. The van der Waals surface area contributed by atoms with Crippen LogP contribution in [0.15, 0.2) is 121 Å². The molecule has 5 rings (SSSR count). The zero-order chi connectivity index (χ0) is 28.6. The molecular formula is C35H35N3O3. The Labute approximate surface area is 241 Å². The Balaban J connectivity index is 1.39. The third-order valence-electron chi connectivity index (χ3n) is 7.74. The van der Waals surface area contributed by atoms with Crippen LogP contribution in [0.25, 0.3) is 0 Å². The van der Waals surface area contributed by atoms with Gasteiger partial charge in [0.05, 0.1) is 12.5 Å². The predicted octanol–water partition coefficient (Wildman–Crippen LogP) is 5.09. The molecule has 4 aromatic carbocycles. The van der Waals surface area contributed by atoms with Crippen LogP contribution in [0.3, 0.4) is 0 Å². The van der Waals surface area contributed by atoms with Crippen molar-refractivity contribution in [1.29, 1.82) is 0 Å². The largest absolute Gasteiger partial charge is 0.354 e. The molecule has 0 spiro atoms. The van der Waals surface area contributed by atoms with Gasteiger partial charge in [0.25, 0.3) is 5.91 Å². The van der Waals surface area contributed by atoms with Crippen LogP contribution in [-0.2, 0) is 9.59 Å². The van der Waals surface area contributed by atoms with E-state index in [-0.39, 0.29) is 36.7 Å². The molecule has 3 amide bonds. The van der Waals surface area contributed by atoms with Crippen LogP contribution in [0.2, 0.25) is 0 Å². The summed E-state index contributed by atoms with van der Waals surface area (Å²) in [6, 6.07) is 37.6. The lowest BCUT2D eigenvalue weighted by Crippen LogP contribution is -2.62. The minimum Gasteiger partial charge on any atom is -0.354 e. The number of carbonyl (C=O) groups is 3. The van der Waals surface area contributed by atoms with Crippen molar-refractivity contribution < 1.29 is 14.4 Å². The smallest absolute Gasteiger partial charge is 0.254 e. The highest BCUT2D eigenvalue weighted by molar-refractivity contribution is 5.98. The molecule has 1 N–H and O–H groups in total. The summed E-state index contributed by atoms with van der Waals surface area (Å²) >= 11 is 0. The topological polar surface area (TPSA) is 69.7 Å². The summed E-state index contributed by atoms with van der Waals surface area (Å²) in [6.45, 7) is 3.22. The van der Waals surface area contributed by atoms with Crippen molar-refractivity contribution in [2.24, 2.45) is 0 Å². The van der Waals surface area contributed by atoms with E-state index < -0.39 is 12.0 Å². The first-order chi connectivity index (χ1) is 20.0. The van der Waals surface area contributed by atoms with Crippen molar-refractivity contribution in [1.82, 2.24) is 15.1 Å². The number of nitrogens with one attached hydrogen (secondary N) is 1. The lowest BCUT2D eigenvalue weighted by atomic mass is 9.89. The molecule has 1 fully saturated rings. The van der Waals surface area contributed by atoms with E-state index in [1.165, 1.54) is 0 Å². The van der Waals surface area contributed by atoms with Crippen molar-refractivity contribution >= 4 is 17.7 Å². The van der Waals surface area contributed by atoms with Crippen LogP contribution >= 0.6 is 0 Å². The predicted molar refractivity (Wildman–Crippen MR) is 160 cm³/mol. The highest BCUT2D eigenvalue weighted by Crippen LogP contribution is 2.28. The van der Waals surface area contributed by atoms with E-state index in [1.54, 1.807) is 21.9 Å². The molecule has 6 nitrogen and oxygen atoms in total. The lowest BCUT2D eigenvalue weighted by molar-refractivity contribution is -0.137. The molecule has 4 aromatic rings. The zero-order valence-corrected chi connectivity index (χ0v) is 23.2. The van der Waals surface area contributed by atoms with Gasteiger partial charge >= 0.3 is 0 Å². The second-order valence-electron chi connectivity index (χ2n) is 10.5. The van der Waals surface area contributed by atoms with Gasteiger partial charge < -0.3 is 15.1 Å². The van der Waals surface area contributed by atoms with Gasteiger partial charge in [-0.05, 0) is 34.7 Å². The Kier molecular flexibility index (Phi) is 8.89. The normalized spacial score (nSPS) is 15.8. The Morgan fingerprint density at radius 3 is 1.73 bits per heavy atom. The number of piperazine rings is 1. The Bertz CT molecular complexity index is 1410. The number of nitrogens with zero attached hydrogens (tertiary/aromatic N) is 2. The zero-order valence-electron chi connectivity index (χ0n) is 23.2. The second-order valence-corrected chi connectivity index (χ2v) is 10.5. The Hall–Kier alpha value is -4.71. The summed E-state index contributed by atoms with van der Waals surface area (Å²) in [4.78, 5) is 44.8. The van der Waals surface area contributed by atoms with Gasteiger partial charge in [0.1, 0.15) is 6.04 Å². The molecule has 2 atom stereocenters. The van der Waals surface area contributed by atoms with Crippen LogP contribution < -0.4 is 5.32 Å². The fourth-order valence-electron chi connectivity index (χ4n) is 5.42. The number of hydrogen-bond acceptors (Lipinski definition) is 3. The Morgan fingerprint density at radius 2 is 1.20 bits per heavy atom. The van der Waals surface area contributed by atoms with E-state index in [2.05, 4.69) is 12.2 Å². The van der Waals surface area contributed by atoms with Gasteiger partial charge in [-0.25, -0.2) is 0 Å². The van der Waals surface area contributed by atoms with Crippen LogP contribution in [0, 0.1) is 0 Å². The molecule has 1 saturated heterocycles. The van der Waals surface area contributed by atoms with E-state index in [0.29, 0.717) is 18.7 Å². The molecule has 41 heavy (non-hydrogen) atoms. The van der Waals surface area contributed by atoms with Crippen LogP contribution in [-0.4, -0.2) is 59.7 Å². The molecule has 1 aliphatic heterocycles.